The second-order valence-electron chi connectivity index (χ2n) is 8.55. The largest absolute Gasteiger partial charge is 0.446 e. The van der Waals surface area contributed by atoms with Gasteiger partial charge in [0.2, 0.25) is 5.95 Å². The summed E-state index contributed by atoms with van der Waals surface area (Å²) in [5, 5.41) is 8.09. The fraction of sp³-hybridized carbons (Fsp3) is 0.440. The molecule has 0 saturated heterocycles. The molecule has 3 aromatic rings. The van der Waals surface area contributed by atoms with Crippen LogP contribution < -0.4 is 15.5 Å². The quantitative estimate of drug-likeness (QED) is 0.370. The molecular weight excluding hydrogens is 459 g/mol. The summed E-state index contributed by atoms with van der Waals surface area (Å²) in [5.41, 5.74) is -2.34. The molecule has 0 radical (unpaired) electrons. The number of nitrogens with one attached hydrogen (secondary N) is 2. The minimum absolute atomic E-state index is 0. The Morgan fingerprint density at radius 2 is 1.59 bits per heavy atom. The number of anilines is 2. The van der Waals surface area contributed by atoms with E-state index in [1.165, 1.54) is 12.1 Å². The number of alkyl halides is 3. The zero-order valence-corrected chi connectivity index (χ0v) is 19.5. The van der Waals surface area contributed by atoms with Gasteiger partial charge in [-0.25, -0.2) is 4.98 Å². The highest BCUT2D eigenvalue weighted by atomic mass is 32.2. The fourth-order valence-electron chi connectivity index (χ4n) is 4.16. The van der Waals surface area contributed by atoms with Crippen molar-refractivity contribution in [2.45, 2.75) is 62.1 Å². The maximum atomic E-state index is 12.5. The molecule has 0 unspecified atom stereocenters. The number of fused-ring (bicyclic) bond motifs is 1. The van der Waals surface area contributed by atoms with E-state index in [0.717, 1.165) is 48.0 Å². The number of hydrogen-bond donors (Lipinski definition) is 2. The van der Waals surface area contributed by atoms with Gasteiger partial charge in [-0.3, -0.25) is 0 Å². The average Bonchev–Trinajstić information content (AvgIpc) is 2.78. The molecule has 34 heavy (non-hydrogen) atoms. The summed E-state index contributed by atoms with van der Waals surface area (Å²) >= 11 is -0.0810. The molecule has 1 saturated carbocycles. The van der Waals surface area contributed by atoms with Crippen molar-refractivity contribution < 1.29 is 13.2 Å². The smallest absolute Gasteiger partial charge is 0.362 e. The number of nitrogens with zero attached hydrogens (tertiary/aromatic N) is 3. The van der Waals surface area contributed by atoms with Crippen LogP contribution in [-0.2, 0) is 6.54 Å². The summed E-state index contributed by atoms with van der Waals surface area (Å²) in [6, 6.07) is 15.3. The van der Waals surface area contributed by atoms with Crippen LogP contribution in [0.2, 0.25) is 0 Å². The Kier molecular flexibility index (Phi) is 8.65. The number of aromatic nitrogens is 2. The van der Waals surface area contributed by atoms with E-state index < -0.39 is 5.51 Å². The second kappa shape index (κ2) is 11.3. The van der Waals surface area contributed by atoms with Gasteiger partial charge in [0.1, 0.15) is 5.82 Å². The first-order chi connectivity index (χ1) is 15.8. The molecule has 0 spiro atoms. The predicted molar refractivity (Wildman–Crippen MR) is 135 cm³/mol. The van der Waals surface area contributed by atoms with Gasteiger partial charge in [0.05, 0.1) is 5.52 Å². The maximum Gasteiger partial charge on any atom is 0.446 e. The molecule has 1 fully saturated rings. The van der Waals surface area contributed by atoms with Crippen molar-refractivity contribution in [3.8, 4) is 0 Å². The Morgan fingerprint density at radius 3 is 2.24 bits per heavy atom. The lowest BCUT2D eigenvalue weighted by Gasteiger charge is -2.30. The number of thioether (sulfide) groups is 1. The van der Waals surface area contributed by atoms with Gasteiger partial charge < -0.3 is 15.5 Å². The van der Waals surface area contributed by atoms with Crippen LogP contribution in [-0.4, -0.2) is 41.7 Å². The lowest BCUT2D eigenvalue weighted by Crippen LogP contribution is -2.37. The molecule has 1 aromatic heterocycles. The minimum atomic E-state index is -4.25. The van der Waals surface area contributed by atoms with E-state index in [0.29, 0.717) is 24.6 Å². The monoisotopic (exact) mass is 491 g/mol. The van der Waals surface area contributed by atoms with E-state index in [4.69, 9.17) is 9.97 Å². The van der Waals surface area contributed by atoms with E-state index >= 15 is 0 Å². The third-order valence-corrected chi connectivity index (χ3v) is 6.56. The Hall–Kier alpha value is -2.52. The van der Waals surface area contributed by atoms with E-state index in [-0.39, 0.29) is 24.1 Å². The number of hydrogen-bond acceptors (Lipinski definition) is 6. The molecule has 4 rings (SSSR count). The molecule has 1 aliphatic carbocycles. The third kappa shape index (κ3) is 6.99. The lowest BCUT2D eigenvalue weighted by molar-refractivity contribution is -0.0328. The van der Waals surface area contributed by atoms with Crippen LogP contribution in [0.5, 0.6) is 0 Å². The highest BCUT2D eigenvalue weighted by Crippen LogP contribution is 2.36. The van der Waals surface area contributed by atoms with Crippen molar-refractivity contribution in [1.29, 1.82) is 0 Å². The molecule has 2 N–H and O–H groups in total. The highest BCUT2D eigenvalue weighted by Gasteiger charge is 2.29. The van der Waals surface area contributed by atoms with E-state index in [1.807, 2.05) is 43.3 Å². The summed E-state index contributed by atoms with van der Waals surface area (Å²) in [7, 11) is 3.97. The van der Waals surface area contributed by atoms with Crippen molar-refractivity contribution in [3.63, 3.8) is 0 Å². The summed E-state index contributed by atoms with van der Waals surface area (Å²) in [6.07, 6.45) is 4.06. The van der Waals surface area contributed by atoms with Crippen molar-refractivity contribution in [1.82, 2.24) is 15.3 Å². The van der Waals surface area contributed by atoms with Gasteiger partial charge in [0.25, 0.3) is 0 Å². The van der Waals surface area contributed by atoms with Crippen LogP contribution in [0.15, 0.2) is 53.4 Å². The summed E-state index contributed by atoms with van der Waals surface area (Å²) < 4.78 is 37.4. The van der Waals surface area contributed by atoms with Crippen molar-refractivity contribution in [2.75, 3.05) is 24.3 Å². The van der Waals surface area contributed by atoms with Crippen molar-refractivity contribution in [2.24, 2.45) is 0 Å². The van der Waals surface area contributed by atoms with E-state index in [2.05, 4.69) is 10.6 Å². The van der Waals surface area contributed by atoms with Gasteiger partial charge in [0, 0.05) is 43.0 Å². The zero-order valence-electron chi connectivity index (χ0n) is 18.7. The fourth-order valence-corrected chi connectivity index (χ4v) is 4.70. The first kappa shape index (κ1) is 26.1. The highest BCUT2D eigenvalue weighted by molar-refractivity contribution is 8.00. The molecule has 1 heterocycles. The third-order valence-electron chi connectivity index (χ3n) is 5.82. The number of para-hydroxylation sites is 1. The van der Waals surface area contributed by atoms with Gasteiger partial charge in [-0.05, 0) is 67.3 Å². The molecule has 2 aromatic carbocycles. The van der Waals surface area contributed by atoms with E-state index in [1.54, 1.807) is 12.1 Å². The zero-order chi connectivity index (χ0) is 23.4. The SMILES string of the molecule is C.CN(C)c1nc(NC2CCC(NCc3ccc(SC(F)(F)F)cc3)CC2)nc2ccccc12. The Balaban J connectivity index is 0.00000324. The van der Waals surface area contributed by atoms with Gasteiger partial charge in [-0.1, -0.05) is 31.7 Å². The van der Waals surface area contributed by atoms with Crippen LogP contribution in [0.1, 0.15) is 38.7 Å². The van der Waals surface area contributed by atoms with Crippen LogP contribution in [0, 0.1) is 0 Å². The van der Waals surface area contributed by atoms with Gasteiger partial charge in [-0.2, -0.15) is 18.2 Å². The number of halogens is 3. The Labute approximate surface area is 203 Å². The topological polar surface area (TPSA) is 53.1 Å². The maximum absolute atomic E-state index is 12.5. The Bertz CT molecular complexity index is 1060. The van der Waals surface area contributed by atoms with Gasteiger partial charge >= 0.3 is 5.51 Å². The molecule has 0 bridgehead atoms. The molecule has 184 valence electrons. The first-order valence-electron chi connectivity index (χ1n) is 11.1. The van der Waals surface area contributed by atoms with Crippen LogP contribution >= 0.6 is 11.8 Å². The molecule has 5 nitrogen and oxygen atoms in total. The minimum Gasteiger partial charge on any atom is -0.362 e. The van der Waals surface area contributed by atoms with Crippen LogP contribution in [0.25, 0.3) is 10.9 Å². The summed E-state index contributed by atoms with van der Waals surface area (Å²) in [4.78, 5) is 11.7. The van der Waals surface area contributed by atoms with Crippen molar-refractivity contribution >= 4 is 34.4 Å². The summed E-state index contributed by atoms with van der Waals surface area (Å²) in [6.45, 7) is 0.652. The average molecular weight is 492 g/mol. The van der Waals surface area contributed by atoms with Gasteiger partial charge in [-0.15, -0.1) is 0 Å². The number of benzene rings is 2. The molecule has 0 aliphatic heterocycles. The normalized spacial score (nSPS) is 18.4. The van der Waals surface area contributed by atoms with E-state index in [9.17, 15) is 13.2 Å². The molecule has 9 heteroatoms. The molecular formula is C25H32F3N5S. The van der Waals surface area contributed by atoms with Crippen LogP contribution in [0.4, 0.5) is 24.9 Å². The predicted octanol–water partition coefficient (Wildman–Crippen LogP) is 6.46. The van der Waals surface area contributed by atoms with Gasteiger partial charge in [0.15, 0.2) is 0 Å². The first-order valence-corrected chi connectivity index (χ1v) is 11.9. The molecule has 0 atom stereocenters. The molecule has 1 aliphatic rings. The van der Waals surface area contributed by atoms with Crippen molar-refractivity contribution in [3.05, 3.63) is 54.1 Å². The standard InChI is InChI=1S/C24H28F3N5S.CH4/c1-32(2)22-20-5-3-4-6-21(20)30-23(31-22)29-18-11-9-17(10-12-18)28-15-16-7-13-19(14-8-16)33-24(25,26)27;/h3-8,13-14,17-18,28H,9-12,15H2,1-2H3,(H,29,30,31);1H4. The lowest BCUT2D eigenvalue weighted by atomic mass is 9.91. The summed E-state index contributed by atoms with van der Waals surface area (Å²) in [5.74, 6) is 1.56. The molecule has 0 amide bonds. The van der Waals surface area contributed by atoms with Crippen LogP contribution in [0.3, 0.4) is 0 Å². The Morgan fingerprint density at radius 1 is 0.941 bits per heavy atom. The number of rotatable bonds is 7. The second-order valence-corrected chi connectivity index (χ2v) is 9.69.